The Kier molecular flexibility index (Phi) is 4.93. The number of aliphatic carboxylic acids is 1. The summed E-state index contributed by atoms with van der Waals surface area (Å²) in [5.74, 6) is -1.78. The minimum Gasteiger partial charge on any atom is -0.480 e. The Bertz CT molecular complexity index is 632. The van der Waals surface area contributed by atoms with Crippen molar-refractivity contribution in [3.63, 3.8) is 0 Å². The fraction of sp³-hybridized carbons (Fsp3) is 0.929. The molecular formula is C14H26BN3O6S. The van der Waals surface area contributed by atoms with E-state index in [9.17, 15) is 18.3 Å². The second-order valence-electron chi connectivity index (χ2n) is 7.88. The van der Waals surface area contributed by atoms with Gasteiger partial charge < -0.3 is 20.9 Å². The van der Waals surface area contributed by atoms with E-state index in [1.54, 1.807) is 0 Å². The molecule has 142 valence electrons. The highest BCUT2D eigenvalue weighted by Crippen LogP contribution is 2.49. The number of carboxylic acid groups (broad SMARTS) is 1. The van der Waals surface area contributed by atoms with Crippen molar-refractivity contribution in [3.8, 4) is 0 Å². The van der Waals surface area contributed by atoms with Crippen molar-refractivity contribution in [2.24, 2.45) is 17.1 Å². The summed E-state index contributed by atoms with van der Waals surface area (Å²) in [7, 11) is -5.16. The molecular weight excluding hydrogens is 349 g/mol. The van der Waals surface area contributed by atoms with Gasteiger partial charge in [-0.1, -0.05) is 12.8 Å². The normalized spacial score (nSPS) is 32.4. The van der Waals surface area contributed by atoms with E-state index >= 15 is 0 Å². The standard InChI is InChI=1S/C14H26BN3O6S/c16-14(12(19)20)10-17(7-11(14)3-1-6-15(21)22)25(23,24)18-8-13(9-18)4-2-5-13/h11,21-22H,1-10,16H2,(H,19,20)/t11-,14-/m0/s1. The SMILES string of the molecule is N[C@@]1(C(=O)O)CN(S(=O)(=O)N2CC3(CCC3)C2)C[C@@H]1CCCB(O)O. The minimum absolute atomic E-state index is 0.0517. The van der Waals surface area contributed by atoms with Crippen LogP contribution in [0, 0.1) is 11.3 Å². The number of nitrogens with two attached hydrogens (primary N) is 1. The van der Waals surface area contributed by atoms with Crippen molar-refractivity contribution in [2.45, 2.75) is 44.0 Å². The largest absolute Gasteiger partial charge is 0.480 e. The number of hydrogen-bond donors (Lipinski definition) is 4. The predicted octanol–water partition coefficient (Wildman–Crippen LogP) is -1.32. The van der Waals surface area contributed by atoms with E-state index in [0.717, 1.165) is 19.3 Å². The Morgan fingerprint density at radius 3 is 2.32 bits per heavy atom. The van der Waals surface area contributed by atoms with Crippen LogP contribution in [-0.4, -0.2) is 77.0 Å². The highest BCUT2D eigenvalue weighted by molar-refractivity contribution is 7.86. The van der Waals surface area contributed by atoms with E-state index in [4.69, 9.17) is 15.8 Å². The summed E-state index contributed by atoms with van der Waals surface area (Å²) in [6.45, 7) is 0.826. The highest BCUT2D eigenvalue weighted by Gasteiger charge is 2.57. The summed E-state index contributed by atoms with van der Waals surface area (Å²) < 4.78 is 28.2. The maximum atomic E-state index is 12.8. The van der Waals surface area contributed by atoms with Crippen molar-refractivity contribution in [3.05, 3.63) is 0 Å². The Morgan fingerprint density at radius 2 is 1.84 bits per heavy atom. The second kappa shape index (κ2) is 6.47. The smallest absolute Gasteiger partial charge is 0.451 e. The van der Waals surface area contributed by atoms with Gasteiger partial charge in [0, 0.05) is 32.1 Å². The van der Waals surface area contributed by atoms with Crippen LogP contribution in [0.15, 0.2) is 0 Å². The second-order valence-corrected chi connectivity index (χ2v) is 9.80. The Morgan fingerprint density at radius 1 is 1.20 bits per heavy atom. The van der Waals surface area contributed by atoms with Crippen molar-refractivity contribution < 1.29 is 28.4 Å². The lowest BCUT2D eigenvalue weighted by Crippen LogP contribution is -2.64. The Balaban J connectivity index is 1.67. The quantitative estimate of drug-likeness (QED) is 0.404. The molecule has 5 N–H and O–H groups in total. The van der Waals surface area contributed by atoms with E-state index in [1.165, 1.54) is 8.61 Å². The van der Waals surface area contributed by atoms with Crippen LogP contribution >= 0.6 is 0 Å². The first-order valence-corrected chi connectivity index (χ1v) is 10.1. The first-order valence-electron chi connectivity index (χ1n) is 8.73. The van der Waals surface area contributed by atoms with Crippen LogP contribution in [0.1, 0.15) is 32.1 Å². The maximum absolute atomic E-state index is 12.8. The number of carboxylic acids is 1. The third kappa shape index (κ3) is 3.33. The van der Waals surface area contributed by atoms with Gasteiger partial charge >= 0.3 is 13.1 Å². The molecule has 2 heterocycles. The van der Waals surface area contributed by atoms with Crippen molar-refractivity contribution >= 4 is 23.3 Å². The van der Waals surface area contributed by atoms with Crippen LogP contribution in [0.3, 0.4) is 0 Å². The number of rotatable bonds is 7. The molecule has 0 aromatic heterocycles. The molecule has 1 aliphatic carbocycles. The lowest BCUT2D eigenvalue weighted by atomic mass is 9.65. The van der Waals surface area contributed by atoms with Crippen molar-refractivity contribution in [1.82, 2.24) is 8.61 Å². The third-order valence-corrected chi connectivity index (χ3v) is 7.94. The van der Waals surface area contributed by atoms with Crippen LogP contribution in [-0.2, 0) is 15.0 Å². The average Bonchev–Trinajstić information content (AvgIpc) is 2.74. The van der Waals surface area contributed by atoms with Gasteiger partial charge in [0.15, 0.2) is 0 Å². The molecule has 2 atom stereocenters. The first kappa shape index (κ1) is 19.1. The Hall–Kier alpha value is -0.715. The van der Waals surface area contributed by atoms with Gasteiger partial charge in [-0.25, -0.2) is 0 Å². The maximum Gasteiger partial charge on any atom is 0.451 e. The van der Waals surface area contributed by atoms with E-state index in [0.29, 0.717) is 25.9 Å². The van der Waals surface area contributed by atoms with E-state index in [1.807, 2.05) is 0 Å². The molecule has 0 aromatic carbocycles. The highest BCUT2D eigenvalue weighted by atomic mass is 32.2. The van der Waals surface area contributed by atoms with Crippen LogP contribution in [0.2, 0.25) is 6.32 Å². The molecule has 0 radical (unpaired) electrons. The van der Waals surface area contributed by atoms with Gasteiger partial charge in [-0.15, -0.1) is 0 Å². The van der Waals surface area contributed by atoms with Gasteiger partial charge in [0.25, 0.3) is 10.2 Å². The van der Waals surface area contributed by atoms with Crippen LogP contribution < -0.4 is 5.73 Å². The topological polar surface area (TPSA) is 144 Å². The van der Waals surface area contributed by atoms with Crippen LogP contribution in [0.5, 0.6) is 0 Å². The van der Waals surface area contributed by atoms with Gasteiger partial charge in [-0.3, -0.25) is 4.79 Å². The van der Waals surface area contributed by atoms with Gasteiger partial charge in [-0.05, 0) is 31.0 Å². The van der Waals surface area contributed by atoms with E-state index in [2.05, 4.69) is 0 Å². The third-order valence-electron chi connectivity index (χ3n) is 6.09. The minimum atomic E-state index is -3.70. The van der Waals surface area contributed by atoms with Crippen molar-refractivity contribution in [2.75, 3.05) is 26.2 Å². The summed E-state index contributed by atoms with van der Waals surface area (Å²) in [5, 5.41) is 27.4. The molecule has 3 aliphatic rings. The van der Waals surface area contributed by atoms with Gasteiger partial charge in [0.05, 0.1) is 0 Å². The number of hydrogen-bond acceptors (Lipinski definition) is 6. The number of nitrogens with zero attached hydrogens (tertiary/aromatic N) is 2. The van der Waals surface area contributed by atoms with Crippen molar-refractivity contribution in [1.29, 1.82) is 0 Å². The fourth-order valence-corrected chi connectivity index (χ4v) is 6.17. The molecule has 0 unspecified atom stereocenters. The van der Waals surface area contributed by atoms with E-state index in [-0.39, 0.29) is 24.8 Å². The fourth-order valence-electron chi connectivity index (χ4n) is 4.23. The molecule has 1 spiro atoms. The monoisotopic (exact) mass is 375 g/mol. The zero-order chi connectivity index (χ0) is 18.5. The van der Waals surface area contributed by atoms with Gasteiger partial charge in [-0.2, -0.15) is 17.0 Å². The molecule has 3 fully saturated rings. The zero-order valence-electron chi connectivity index (χ0n) is 14.2. The lowest BCUT2D eigenvalue weighted by Gasteiger charge is -2.55. The zero-order valence-corrected chi connectivity index (χ0v) is 15.0. The summed E-state index contributed by atoms with van der Waals surface area (Å²) in [6, 6.07) is 0. The molecule has 0 aromatic rings. The van der Waals surface area contributed by atoms with E-state index < -0.39 is 34.8 Å². The molecule has 0 bridgehead atoms. The molecule has 3 rings (SSSR count). The molecule has 1 saturated carbocycles. The summed E-state index contributed by atoms with van der Waals surface area (Å²) in [4.78, 5) is 11.7. The summed E-state index contributed by atoms with van der Waals surface area (Å²) in [6.07, 6.45) is 4.06. The molecule has 2 saturated heterocycles. The summed E-state index contributed by atoms with van der Waals surface area (Å²) in [5.41, 5.74) is 4.55. The molecule has 11 heteroatoms. The first-order chi connectivity index (χ1) is 11.6. The molecule has 0 amide bonds. The average molecular weight is 375 g/mol. The summed E-state index contributed by atoms with van der Waals surface area (Å²) >= 11 is 0. The molecule has 2 aliphatic heterocycles. The lowest BCUT2D eigenvalue weighted by molar-refractivity contribution is -0.144. The Labute approximate surface area is 148 Å². The van der Waals surface area contributed by atoms with Gasteiger partial charge in [0.1, 0.15) is 5.54 Å². The number of carbonyl (C=O) groups is 1. The van der Waals surface area contributed by atoms with Crippen LogP contribution in [0.4, 0.5) is 0 Å². The van der Waals surface area contributed by atoms with Crippen LogP contribution in [0.25, 0.3) is 0 Å². The predicted molar refractivity (Wildman–Crippen MR) is 90.6 cm³/mol. The van der Waals surface area contributed by atoms with Gasteiger partial charge in [0.2, 0.25) is 0 Å². The molecule has 25 heavy (non-hydrogen) atoms. The molecule has 9 nitrogen and oxygen atoms in total.